The Morgan fingerprint density at radius 3 is 2.64 bits per heavy atom. The number of ketones is 1. The fourth-order valence-electron chi connectivity index (χ4n) is 5.10. The lowest BCUT2D eigenvalue weighted by atomic mass is 9.84. The molecule has 3 heterocycles. The highest BCUT2D eigenvalue weighted by Gasteiger charge is 2.35. The van der Waals surface area contributed by atoms with Crippen molar-refractivity contribution in [2.24, 2.45) is 0 Å². The molecule has 0 radical (unpaired) electrons. The lowest BCUT2D eigenvalue weighted by Crippen LogP contribution is -2.30. The second kappa shape index (κ2) is 7.45. The number of hydrogen-bond donors (Lipinski definition) is 0. The SMILES string of the molecule is O=C(c1ccc([N+](=O)[O-])cc1)[C@H]1c2ccccc2Cn2c1nc(=O)c1c3c(sc12)CCCC3. The second-order valence-electron chi connectivity index (χ2n) is 8.55. The average molecular weight is 458 g/mol. The summed E-state index contributed by atoms with van der Waals surface area (Å²) in [5, 5.41) is 11.7. The van der Waals surface area contributed by atoms with E-state index in [9.17, 15) is 19.7 Å². The van der Waals surface area contributed by atoms with Crippen LogP contribution in [-0.2, 0) is 19.4 Å². The maximum absolute atomic E-state index is 13.7. The maximum atomic E-state index is 13.7. The van der Waals surface area contributed by atoms with Gasteiger partial charge in [0.25, 0.3) is 11.2 Å². The van der Waals surface area contributed by atoms with E-state index in [1.165, 1.54) is 29.1 Å². The van der Waals surface area contributed by atoms with Crippen LogP contribution in [0.1, 0.15) is 56.5 Å². The summed E-state index contributed by atoms with van der Waals surface area (Å²) in [5.41, 5.74) is 2.99. The van der Waals surface area contributed by atoms with Gasteiger partial charge in [0, 0.05) is 22.6 Å². The van der Waals surface area contributed by atoms with Gasteiger partial charge < -0.3 is 4.57 Å². The fraction of sp³-hybridized carbons (Fsp3) is 0.240. The number of aryl methyl sites for hydroxylation is 2. The molecule has 2 aromatic carbocycles. The number of carbonyl (C=O) groups excluding carboxylic acids is 1. The molecule has 4 aromatic rings. The number of non-ortho nitro benzene ring substituents is 1. The molecule has 0 fully saturated rings. The van der Waals surface area contributed by atoms with Crippen LogP contribution in [0, 0.1) is 10.1 Å². The van der Waals surface area contributed by atoms with Gasteiger partial charge in [0.05, 0.1) is 16.9 Å². The number of nitro benzene ring substituents is 1. The molecular formula is C25H19N3O4S. The number of Topliss-reactive ketones (excluding diaryl/α,β-unsaturated/α-hetero) is 1. The van der Waals surface area contributed by atoms with Crippen molar-refractivity contribution < 1.29 is 9.72 Å². The minimum absolute atomic E-state index is 0.0730. The molecule has 33 heavy (non-hydrogen) atoms. The topological polar surface area (TPSA) is 95.1 Å². The molecule has 2 aliphatic rings. The van der Waals surface area contributed by atoms with Crippen molar-refractivity contribution in [3.63, 3.8) is 0 Å². The number of nitro groups is 1. The van der Waals surface area contributed by atoms with Crippen LogP contribution < -0.4 is 5.56 Å². The minimum atomic E-state index is -0.743. The molecule has 0 spiro atoms. The van der Waals surface area contributed by atoms with Crippen molar-refractivity contribution in [2.45, 2.75) is 38.1 Å². The van der Waals surface area contributed by atoms with E-state index in [1.54, 1.807) is 11.3 Å². The minimum Gasteiger partial charge on any atom is -0.315 e. The fourth-order valence-corrected chi connectivity index (χ4v) is 6.49. The van der Waals surface area contributed by atoms with Gasteiger partial charge in [-0.05, 0) is 54.5 Å². The Morgan fingerprint density at radius 1 is 1.09 bits per heavy atom. The second-order valence-corrected chi connectivity index (χ2v) is 9.64. The van der Waals surface area contributed by atoms with Crippen LogP contribution in [0.15, 0.2) is 53.3 Å². The van der Waals surface area contributed by atoms with E-state index in [1.807, 2.05) is 28.8 Å². The maximum Gasteiger partial charge on any atom is 0.282 e. The highest BCUT2D eigenvalue weighted by atomic mass is 32.1. The quantitative estimate of drug-likeness (QED) is 0.254. The molecule has 1 atom stereocenters. The molecule has 0 saturated carbocycles. The van der Waals surface area contributed by atoms with E-state index in [0.29, 0.717) is 23.3 Å². The van der Waals surface area contributed by atoms with Gasteiger partial charge in [-0.3, -0.25) is 19.7 Å². The first-order valence-corrected chi connectivity index (χ1v) is 11.8. The summed E-state index contributed by atoms with van der Waals surface area (Å²) < 4.78 is 2.04. The first kappa shape index (κ1) is 20.0. The summed E-state index contributed by atoms with van der Waals surface area (Å²) in [4.78, 5) is 44.1. The van der Waals surface area contributed by atoms with Gasteiger partial charge in [-0.2, -0.15) is 4.98 Å². The largest absolute Gasteiger partial charge is 0.315 e. The standard InChI is InChI=1S/C25H19N3O4S/c29-22(14-9-11-16(12-10-14)28(31)32)20-17-6-2-1-5-15(17)13-27-23(20)26-24(30)21-18-7-3-4-8-19(18)33-25(21)27/h1-2,5-6,9-12,20H,3-4,7-8,13H2/t20-/m1/s1. The zero-order chi connectivity index (χ0) is 22.7. The molecule has 8 heteroatoms. The number of benzene rings is 2. The van der Waals surface area contributed by atoms with Gasteiger partial charge >= 0.3 is 0 Å². The van der Waals surface area contributed by atoms with Crippen molar-refractivity contribution in [3.05, 3.63) is 102 Å². The van der Waals surface area contributed by atoms with Crippen molar-refractivity contribution in [1.82, 2.24) is 9.55 Å². The Balaban J connectivity index is 1.57. The zero-order valence-corrected chi connectivity index (χ0v) is 18.4. The highest BCUT2D eigenvalue weighted by molar-refractivity contribution is 7.18. The molecule has 2 aromatic heterocycles. The summed E-state index contributed by atoms with van der Waals surface area (Å²) in [6.07, 6.45) is 4.07. The van der Waals surface area contributed by atoms with Crippen molar-refractivity contribution >= 4 is 33.0 Å². The van der Waals surface area contributed by atoms with Gasteiger partial charge in [0.15, 0.2) is 5.78 Å². The summed E-state index contributed by atoms with van der Waals surface area (Å²) in [6.45, 7) is 0.554. The van der Waals surface area contributed by atoms with E-state index >= 15 is 0 Å². The normalized spacial score (nSPS) is 16.7. The van der Waals surface area contributed by atoms with Gasteiger partial charge in [0.1, 0.15) is 16.6 Å². The highest BCUT2D eigenvalue weighted by Crippen LogP contribution is 2.40. The molecule has 0 saturated heterocycles. The van der Waals surface area contributed by atoms with Crippen LogP contribution >= 0.6 is 11.3 Å². The van der Waals surface area contributed by atoms with E-state index in [-0.39, 0.29) is 17.0 Å². The number of fused-ring (bicyclic) bond motifs is 6. The third-order valence-corrected chi connectivity index (χ3v) is 8.00. The van der Waals surface area contributed by atoms with Crippen molar-refractivity contribution in [2.75, 3.05) is 0 Å². The van der Waals surface area contributed by atoms with Crippen LogP contribution in [0.4, 0.5) is 5.69 Å². The number of carbonyl (C=O) groups is 1. The van der Waals surface area contributed by atoms with Gasteiger partial charge in [-0.15, -0.1) is 11.3 Å². The third kappa shape index (κ3) is 3.05. The Kier molecular flexibility index (Phi) is 4.51. The van der Waals surface area contributed by atoms with Crippen LogP contribution in [0.2, 0.25) is 0 Å². The van der Waals surface area contributed by atoms with Gasteiger partial charge in [0.2, 0.25) is 0 Å². The Hall–Kier alpha value is -3.65. The van der Waals surface area contributed by atoms with E-state index in [0.717, 1.165) is 47.2 Å². The van der Waals surface area contributed by atoms with Crippen LogP contribution in [0.5, 0.6) is 0 Å². The van der Waals surface area contributed by atoms with Crippen LogP contribution in [-0.4, -0.2) is 20.3 Å². The number of aromatic nitrogens is 2. The molecule has 164 valence electrons. The molecule has 6 rings (SSSR count). The van der Waals surface area contributed by atoms with Crippen molar-refractivity contribution in [1.29, 1.82) is 0 Å². The Bertz CT molecular complexity index is 1520. The Morgan fingerprint density at radius 2 is 1.85 bits per heavy atom. The lowest BCUT2D eigenvalue weighted by molar-refractivity contribution is -0.384. The van der Waals surface area contributed by atoms with Crippen molar-refractivity contribution in [3.8, 4) is 0 Å². The van der Waals surface area contributed by atoms with E-state index in [2.05, 4.69) is 4.98 Å². The smallest absolute Gasteiger partial charge is 0.282 e. The molecule has 0 unspecified atom stereocenters. The predicted molar refractivity (Wildman–Crippen MR) is 125 cm³/mol. The van der Waals surface area contributed by atoms with E-state index < -0.39 is 10.8 Å². The Labute approximate surface area is 192 Å². The van der Waals surface area contributed by atoms with Crippen LogP contribution in [0.25, 0.3) is 10.2 Å². The van der Waals surface area contributed by atoms with Gasteiger partial charge in [-0.1, -0.05) is 24.3 Å². The number of thiophene rings is 1. The number of rotatable bonds is 3. The molecule has 0 bridgehead atoms. The lowest BCUT2D eigenvalue weighted by Gasteiger charge is -2.28. The molecule has 0 amide bonds. The molecule has 7 nitrogen and oxygen atoms in total. The first-order chi connectivity index (χ1) is 16.0. The first-order valence-electron chi connectivity index (χ1n) is 10.9. The molecule has 1 aliphatic carbocycles. The van der Waals surface area contributed by atoms with Crippen LogP contribution in [0.3, 0.4) is 0 Å². The average Bonchev–Trinajstić information content (AvgIpc) is 3.23. The summed E-state index contributed by atoms with van der Waals surface area (Å²) in [5.74, 6) is -0.515. The van der Waals surface area contributed by atoms with E-state index in [4.69, 9.17) is 0 Å². The molecule has 1 aliphatic heterocycles. The van der Waals surface area contributed by atoms with Gasteiger partial charge in [-0.25, -0.2) is 0 Å². The monoisotopic (exact) mass is 457 g/mol. The summed E-state index contributed by atoms with van der Waals surface area (Å²) in [7, 11) is 0. The summed E-state index contributed by atoms with van der Waals surface area (Å²) in [6, 6.07) is 13.4. The molecule has 0 N–H and O–H groups in total. The zero-order valence-electron chi connectivity index (χ0n) is 17.6. The third-order valence-electron chi connectivity index (χ3n) is 6.68. The molecular weight excluding hydrogens is 438 g/mol. The number of hydrogen-bond acceptors (Lipinski definition) is 6. The number of nitrogens with zero attached hydrogens (tertiary/aromatic N) is 3. The predicted octanol–water partition coefficient (Wildman–Crippen LogP) is 4.62. The summed E-state index contributed by atoms with van der Waals surface area (Å²) >= 11 is 1.65.